The van der Waals surface area contributed by atoms with E-state index in [-0.39, 0.29) is 59.1 Å². The minimum absolute atomic E-state index is 0. The second-order valence-corrected chi connectivity index (χ2v) is 9.08. The maximum absolute atomic E-state index is 10.7. The van der Waals surface area contributed by atoms with E-state index >= 15 is 0 Å². The summed E-state index contributed by atoms with van der Waals surface area (Å²) in [7, 11) is -5.25. The molecular weight excluding hydrogens is 505 g/mol. The van der Waals surface area contributed by atoms with Gasteiger partial charge in [0.1, 0.15) is 29.7 Å². The predicted octanol–water partition coefficient (Wildman–Crippen LogP) is -5.90. The van der Waals surface area contributed by atoms with E-state index < -0.39 is 39.0 Å². The molecule has 15 heteroatoms. The number of benzene rings is 1. The van der Waals surface area contributed by atoms with Crippen molar-refractivity contribution in [3.05, 3.63) is 54.5 Å². The van der Waals surface area contributed by atoms with Gasteiger partial charge in [0.2, 0.25) is 0 Å². The number of phosphoric ester groups is 1. The van der Waals surface area contributed by atoms with Crippen LogP contribution in [-0.2, 0) is 13.8 Å². The number of thioether (sulfide) groups is 1. The quantitative estimate of drug-likeness (QED) is 0.125. The van der Waals surface area contributed by atoms with Crippen molar-refractivity contribution in [2.75, 3.05) is 12.4 Å². The van der Waals surface area contributed by atoms with E-state index in [2.05, 4.69) is 19.6 Å². The van der Waals surface area contributed by atoms with Crippen molar-refractivity contribution in [1.82, 2.24) is 19.7 Å². The average Bonchev–Trinajstić information content (AvgIpc) is 3.32. The summed E-state index contributed by atoms with van der Waals surface area (Å²) in [6.07, 6.45) is 1.58. The molecule has 34 heavy (non-hydrogen) atoms. The first kappa shape index (κ1) is 30.1. The first-order valence-corrected chi connectivity index (χ1v) is 12.0. The molecule has 170 valence electrons. The fourth-order valence-electron chi connectivity index (χ4n) is 3.25. The predicted molar refractivity (Wildman–Crippen MR) is 111 cm³/mol. The molecule has 4 atom stereocenters. The molecule has 11 nitrogen and oxygen atoms in total. The van der Waals surface area contributed by atoms with Gasteiger partial charge < -0.3 is 33.8 Å². The van der Waals surface area contributed by atoms with Gasteiger partial charge in [-0.3, -0.25) is 0 Å². The van der Waals surface area contributed by atoms with E-state index in [0.717, 1.165) is 5.56 Å². The molecule has 0 amide bonds. The van der Waals surface area contributed by atoms with Crippen molar-refractivity contribution in [1.29, 1.82) is 0 Å². The first-order chi connectivity index (χ1) is 15.3. The van der Waals surface area contributed by atoms with E-state index in [1.807, 2.05) is 42.5 Å². The van der Waals surface area contributed by atoms with Crippen LogP contribution in [0.4, 0.5) is 0 Å². The van der Waals surface area contributed by atoms with Crippen LogP contribution in [0.25, 0.3) is 17.1 Å². The van der Waals surface area contributed by atoms with Crippen LogP contribution < -0.4 is 68.9 Å². The zero-order valence-corrected chi connectivity index (χ0v) is 24.2. The number of rotatable bonds is 8. The molecular formula is C19H19N4Na2O7PS. The van der Waals surface area contributed by atoms with Gasteiger partial charge >= 0.3 is 59.1 Å². The van der Waals surface area contributed by atoms with Crippen LogP contribution in [0.1, 0.15) is 11.8 Å². The Hall–Kier alpha value is -0.150. The number of aliphatic hydroxyl groups excluding tert-OH is 2. The van der Waals surface area contributed by atoms with Crippen molar-refractivity contribution in [3.63, 3.8) is 0 Å². The summed E-state index contributed by atoms with van der Waals surface area (Å²) in [4.78, 5) is 29.9. The zero-order valence-electron chi connectivity index (χ0n) is 18.5. The largest absolute Gasteiger partial charge is 1.00 e. The summed E-state index contributed by atoms with van der Waals surface area (Å²) in [5.41, 5.74) is 1.45. The van der Waals surface area contributed by atoms with E-state index in [1.165, 1.54) is 29.0 Å². The Morgan fingerprint density at radius 2 is 1.91 bits per heavy atom. The summed E-state index contributed by atoms with van der Waals surface area (Å²) in [6, 6.07) is 9.87. The Labute approximate surface area is 243 Å². The van der Waals surface area contributed by atoms with E-state index in [1.54, 1.807) is 0 Å². The molecule has 0 unspecified atom stereocenters. The van der Waals surface area contributed by atoms with Gasteiger partial charge in [-0.15, -0.1) is 11.8 Å². The van der Waals surface area contributed by atoms with Gasteiger partial charge in [0, 0.05) is 5.75 Å². The Morgan fingerprint density at radius 3 is 2.62 bits per heavy atom. The van der Waals surface area contributed by atoms with Crippen molar-refractivity contribution in [2.45, 2.75) is 29.6 Å². The van der Waals surface area contributed by atoms with E-state index in [4.69, 9.17) is 4.74 Å². The van der Waals surface area contributed by atoms with E-state index in [9.17, 15) is 24.6 Å². The second kappa shape index (κ2) is 13.4. The van der Waals surface area contributed by atoms with Crippen LogP contribution >= 0.6 is 19.6 Å². The molecule has 0 spiro atoms. The standard InChI is InChI=1S/C19H21N4O7PS.2Na/c24-15-14(10-29-31(26,27)28)30-19(16(15)25)23-17-13(9-22-23)18(21-11-20-17)32-8-4-7-12-5-2-1-3-6-12;;/h1-7,9,11,14-16,19,24-25H,8,10H2,(H2,26,27,28);;/q;2*+1/p-2/t14-,15-,16-,19-;;/m1../s1. The molecule has 1 saturated heterocycles. The molecule has 0 radical (unpaired) electrons. The minimum atomic E-state index is -5.25. The van der Waals surface area contributed by atoms with Gasteiger partial charge in [0.25, 0.3) is 0 Å². The van der Waals surface area contributed by atoms with Crippen LogP contribution in [0.3, 0.4) is 0 Å². The van der Waals surface area contributed by atoms with Gasteiger partial charge in [0.05, 0.1) is 26.0 Å². The number of ether oxygens (including phenoxy) is 1. The number of nitrogens with zero attached hydrogens (tertiary/aromatic N) is 4. The Bertz CT molecular complexity index is 1150. The molecule has 1 aliphatic rings. The topological polar surface area (TPSA) is 166 Å². The maximum Gasteiger partial charge on any atom is 1.00 e. The Kier molecular flexibility index (Phi) is 11.9. The van der Waals surface area contributed by atoms with Crippen molar-refractivity contribution in [3.8, 4) is 0 Å². The van der Waals surface area contributed by atoms with Crippen LogP contribution in [0.15, 0.2) is 54.0 Å². The molecule has 3 aromatic rings. The third kappa shape index (κ3) is 7.44. The molecule has 1 fully saturated rings. The SMILES string of the molecule is O=P([O-])([O-])OC[C@H]1O[C@@H](n2ncc3c(SCC=Cc4ccccc4)ncnc32)[C@H](O)[C@@H]1O.[Na+].[Na+]. The Balaban J connectivity index is 0.00000204. The number of aliphatic hydroxyl groups is 2. The van der Waals surface area contributed by atoms with Crippen LogP contribution in [-0.4, -0.2) is 60.6 Å². The monoisotopic (exact) mass is 524 g/mol. The average molecular weight is 524 g/mol. The molecule has 2 aromatic heterocycles. The summed E-state index contributed by atoms with van der Waals surface area (Å²) in [6.45, 7) is -0.720. The summed E-state index contributed by atoms with van der Waals surface area (Å²) < 4.78 is 21.7. The minimum Gasteiger partial charge on any atom is -0.790 e. The third-order valence-corrected chi connectivity index (χ3v) is 6.18. The van der Waals surface area contributed by atoms with Crippen molar-refractivity contribution < 1.29 is 92.9 Å². The fourth-order valence-corrected chi connectivity index (χ4v) is 4.35. The number of fused-ring (bicyclic) bond motifs is 1. The number of phosphoric acid groups is 1. The molecule has 4 rings (SSSR count). The molecule has 0 aliphatic carbocycles. The Morgan fingerprint density at radius 1 is 1.18 bits per heavy atom. The molecule has 1 aromatic carbocycles. The molecule has 2 N–H and O–H groups in total. The van der Waals surface area contributed by atoms with Crippen LogP contribution in [0.2, 0.25) is 0 Å². The smallest absolute Gasteiger partial charge is 0.790 e. The van der Waals surface area contributed by atoms with Gasteiger partial charge in [-0.1, -0.05) is 42.5 Å². The van der Waals surface area contributed by atoms with Gasteiger partial charge in [-0.25, -0.2) is 14.6 Å². The number of hydrogen-bond donors (Lipinski definition) is 2. The van der Waals surface area contributed by atoms with Crippen molar-refractivity contribution >= 4 is 36.7 Å². The van der Waals surface area contributed by atoms with Crippen LogP contribution in [0.5, 0.6) is 0 Å². The molecule has 1 aliphatic heterocycles. The second-order valence-electron chi connectivity index (χ2n) is 6.92. The first-order valence-electron chi connectivity index (χ1n) is 9.54. The fraction of sp³-hybridized carbons (Fsp3) is 0.316. The van der Waals surface area contributed by atoms with Gasteiger partial charge in [-0.2, -0.15) is 5.10 Å². The normalized spacial score (nSPS) is 22.6. The maximum atomic E-state index is 10.7. The summed E-state index contributed by atoms with van der Waals surface area (Å²) >= 11 is 1.47. The van der Waals surface area contributed by atoms with Gasteiger partial charge in [-0.05, 0) is 5.56 Å². The molecule has 3 heterocycles. The number of hydrogen-bond acceptors (Lipinski definition) is 11. The molecule has 0 saturated carbocycles. The van der Waals surface area contributed by atoms with Crippen molar-refractivity contribution in [2.24, 2.45) is 0 Å². The third-order valence-electron chi connectivity index (χ3n) is 4.76. The van der Waals surface area contributed by atoms with Gasteiger partial charge in [0.15, 0.2) is 11.9 Å². The number of aromatic nitrogens is 4. The van der Waals surface area contributed by atoms with E-state index in [0.29, 0.717) is 21.8 Å². The molecule has 0 bridgehead atoms. The summed E-state index contributed by atoms with van der Waals surface area (Å²) in [5, 5.41) is 26.0. The van der Waals surface area contributed by atoms with Crippen LogP contribution in [0, 0.1) is 0 Å². The summed E-state index contributed by atoms with van der Waals surface area (Å²) in [5.74, 6) is 0.650. The zero-order chi connectivity index (χ0) is 22.7.